The van der Waals surface area contributed by atoms with Crippen LogP contribution in [0.2, 0.25) is 0 Å². The summed E-state index contributed by atoms with van der Waals surface area (Å²) >= 11 is 0. The van der Waals surface area contributed by atoms with Gasteiger partial charge in [-0.3, -0.25) is 4.79 Å². The number of aliphatic hydroxyl groups excluding tert-OH is 1. The summed E-state index contributed by atoms with van der Waals surface area (Å²) in [6, 6.07) is 10.5. The van der Waals surface area contributed by atoms with Crippen molar-refractivity contribution in [1.82, 2.24) is 4.98 Å². The molecule has 1 heterocycles. The van der Waals surface area contributed by atoms with Crippen LogP contribution >= 0.6 is 0 Å². The molecule has 0 saturated heterocycles. The maximum atomic E-state index is 13.5. The number of rotatable bonds is 6. The molecule has 4 bridgehead atoms. The van der Waals surface area contributed by atoms with E-state index in [9.17, 15) is 9.90 Å². The number of nitrogens with zero attached hydrogens (tertiary/aromatic N) is 1. The quantitative estimate of drug-likeness (QED) is 0.513. The zero-order valence-corrected chi connectivity index (χ0v) is 20.5. The summed E-state index contributed by atoms with van der Waals surface area (Å²) in [7, 11) is 0. The van der Waals surface area contributed by atoms with E-state index < -0.39 is 0 Å². The van der Waals surface area contributed by atoms with Gasteiger partial charge in [0.05, 0.1) is 11.2 Å². The monoisotopic (exact) mass is 471 g/mol. The summed E-state index contributed by atoms with van der Waals surface area (Å²) < 4.78 is 0. The zero-order chi connectivity index (χ0) is 23.4. The number of carbonyl (C=O) groups is 1. The van der Waals surface area contributed by atoms with Crippen LogP contribution in [-0.2, 0) is 4.79 Å². The van der Waals surface area contributed by atoms with Gasteiger partial charge in [0, 0.05) is 36.4 Å². The fourth-order valence-corrected chi connectivity index (χ4v) is 10.4. The Hall–Kier alpha value is -2.14. The molecule has 1 amide bonds. The fourth-order valence-electron chi connectivity index (χ4n) is 10.4. The molecule has 9 rings (SSSR count). The van der Waals surface area contributed by atoms with E-state index in [0.717, 1.165) is 40.2 Å². The normalized spacial score (nSPS) is 44.0. The first-order chi connectivity index (χ1) is 17.0. The van der Waals surface area contributed by atoms with Crippen molar-refractivity contribution < 1.29 is 9.90 Å². The highest BCUT2D eigenvalue weighted by molar-refractivity contribution is 6.02. The van der Waals surface area contributed by atoms with Crippen LogP contribution in [0.15, 0.2) is 30.3 Å². The molecule has 3 N–H and O–H groups in total. The molecular weight excluding hydrogens is 434 g/mol. The van der Waals surface area contributed by atoms with Crippen molar-refractivity contribution >= 4 is 28.3 Å². The van der Waals surface area contributed by atoms with E-state index in [2.05, 4.69) is 16.7 Å². The minimum Gasteiger partial charge on any atom is -0.396 e. The summed E-state index contributed by atoms with van der Waals surface area (Å²) in [5.41, 5.74) is 2.53. The van der Waals surface area contributed by atoms with E-state index in [1.165, 1.54) is 57.8 Å². The van der Waals surface area contributed by atoms with Crippen molar-refractivity contribution in [3.05, 3.63) is 30.3 Å². The maximum Gasteiger partial charge on any atom is 0.224 e. The topological polar surface area (TPSA) is 74.2 Å². The Labute approximate surface area is 207 Å². The first-order valence-corrected chi connectivity index (χ1v) is 14.1. The Balaban J connectivity index is 1.06. The van der Waals surface area contributed by atoms with Gasteiger partial charge in [0.15, 0.2) is 0 Å². The van der Waals surface area contributed by atoms with Gasteiger partial charge in [0.1, 0.15) is 5.82 Å². The van der Waals surface area contributed by atoms with Crippen molar-refractivity contribution in [3.63, 3.8) is 0 Å². The lowest BCUT2D eigenvalue weighted by Gasteiger charge is -2.56. The number of benzene rings is 1. The molecule has 5 nitrogen and oxygen atoms in total. The molecule has 1 aromatic heterocycles. The van der Waals surface area contributed by atoms with E-state index in [0.29, 0.717) is 29.6 Å². The third-order valence-corrected chi connectivity index (χ3v) is 11.5. The lowest BCUT2D eigenvalue weighted by atomic mass is 9.49. The zero-order valence-electron chi connectivity index (χ0n) is 20.5. The summed E-state index contributed by atoms with van der Waals surface area (Å²) in [4.78, 5) is 18.4. The number of hydrogen-bond acceptors (Lipinski definition) is 4. The summed E-state index contributed by atoms with van der Waals surface area (Å²) in [5.74, 6) is 5.25. The Morgan fingerprint density at radius 3 is 2.46 bits per heavy atom. The molecule has 184 valence electrons. The number of carbonyl (C=O) groups excluding carboxylic acids is 1. The van der Waals surface area contributed by atoms with Crippen LogP contribution in [0.1, 0.15) is 64.2 Å². The van der Waals surface area contributed by atoms with Gasteiger partial charge in [0.2, 0.25) is 5.91 Å². The number of aromatic nitrogens is 1. The van der Waals surface area contributed by atoms with Gasteiger partial charge in [-0.05, 0) is 104 Å². The van der Waals surface area contributed by atoms with Crippen molar-refractivity contribution in [2.24, 2.45) is 46.3 Å². The predicted octanol–water partition coefficient (Wildman–Crippen LogP) is 5.60. The van der Waals surface area contributed by atoms with Crippen LogP contribution in [0.25, 0.3) is 10.9 Å². The number of pyridine rings is 1. The lowest BCUT2D eigenvalue weighted by Crippen LogP contribution is -2.47. The number of para-hydroxylation sites is 1. The second-order valence-corrected chi connectivity index (χ2v) is 13.4. The molecule has 2 aromatic rings. The van der Waals surface area contributed by atoms with Crippen molar-refractivity contribution in [1.29, 1.82) is 0 Å². The number of amides is 1. The van der Waals surface area contributed by atoms with Crippen LogP contribution in [0.5, 0.6) is 0 Å². The van der Waals surface area contributed by atoms with Gasteiger partial charge in [-0.25, -0.2) is 4.98 Å². The highest BCUT2D eigenvalue weighted by atomic mass is 16.3. The number of nitrogens with one attached hydrogen (secondary N) is 2. The average Bonchev–Trinajstić information content (AvgIpc) is 3.52. The number of anilines is 2. The maximum absolute atomic E-state index is 13.5. The van der Waals surface area contributed by atoms with Crippen LogP contribution in [-0.4, -0.2) is 28.6 Å². The molecule has 7 aliphatic rings. The standard InChI is InChI=1S/C30H37N3O2/c34-16-21-23-14-30(23)6-5-22(30)28(21)33-26-10-25(20-3-1-2-4-24(20)31-26)32-27(35)15-29-11-17-7-18(12-29)9-19(8-17)13-29/h1-4,10,17-19,21-23,28,34H,5-9,11-16H2,(H2,31,32,33,35)/t17?,18?,19?,21-,22+,23+,28?,29?,30?/m1/s1. The molecule has 7 saturated carbocycles. The van der Waals surface area contributed by atoms with E-state index in [1.54, 1.807) is 0 Å². The second kappa shape index (κ2) is 7.21. The van der Waals surface area contributed by atoms with Crippen molar-refractivity contribution in [2.45, 2.75) is 70.3 Å². The molecule has 1 spiro atoms. The highest BCUT2D eigenvalue weighted by Gasteiger charge is 2.74. The lowest BCUT2D eigenvalue weighted by molar-refractivity contribution is -0.124. The van der Waals surface area contributed by atoms with Crippen molar-refractivity contribution in [2.75, 3.05) is 17.2 Å². The van der Waals surface area contributed by atoms with E-state index in [4.69, 9.17) is 4.98 Å². The second-order valence-electron chi connectivity index (χ2n) is 13.4. The molecule has 5 heteroatoms. The van der Waals surface area contributed by atoms with Gasteiger partial charge >= 0.3 is 0 Å². The molecule has 7 aliphatic carbocycles. The molecule has 0 radical (unpaired) electrons. The predicted molar refractivity (Wildman–Crippen MR) is 137 cm³/mol. The first kappa shape index (κ1) is 21.0. The van der Waals surface area contributed by atoms with Gasteiger partial charge in [-0.2, -0.15) is 0 Å². The van der Waals surface area contributed by atoms with Crippen LogP contribution in [0, 0.1) is 46.3 Å². The third-order valence-electron chi connectivity index (χ3n) is 11.5. The molecule has 7 fully saturated rings. The Kier molecular flexibility index (Phi) is 4.33. The summed E-state index contributed by atoms with van der Waals surface area (Å²) in [6.45, 7) is 0.253. The molecule has 1 aromatic carbocycles. The van der Waals surface area contributed by atoms with Gasteiger partial charge in [-0.15, -0.1) is 0 Å². The molecule has 2 unspecified atom stereocenters. The largest absolute Gasteiger partial charge is 0.396 e. The van der Waals surface area contributed by atoms with Gasteiger partial charge in [0.25, 0.3) is 0 Å². The summed E-state index contributed by atoms with van der Waals surface area (Å²) in [6.07, 6.45) is 12.5. The van der Waals surface area contributed by atoms with E-state index in [1.807, 2.05) is 24.3 Å². The number of hydrogen-bond donors (Lipinski definition) is 3. The van der Waals surface area contributed by atoms with Crippen LogP contribution in [0.4, 0.5) is 11.5 Å². The minimum absolute atomic E-state index is 0.169. The highest BCUT2D eigenvalue weighted by Crippen LogP contribution is 2.77. The Bertz CT molecular complexity index is 1170. The smallest absolute Gasteiger partial charge is 0.224 e. The molecule has 35 heavy (non-hydrogen) atoms. The molecule has 0 aliphatic heterocycles. The van der Waals surface area contributed by atoms with E-state index >= 15 is 0 Å². The first-order valence-electron chi connectivity index (χ1n) is 14.1. The fraction of sp³-hybridized carbons (Fsp3) is 0.667. The van der Waals surface area contributed by atoms with E-state index in [-0.39, 0.29) is 24.0 Å². The SMILES string of the molecule is O=C(CC12CC3CC(CC(C3)C1)C2)Nc1cc(NC2[C@H](CO)[C@@H]3CC34CC[C@@H]24)nc2ccccc12. The average molecular weight is 472 g/mol. The minimum atomic E-state index is 0.169. The molecule has 5 atom stereocenters. The number of aliphatic hydroxyl groups is 1. The van der Waals surface area contributed by atoms with Crippen LogP contribution < -0.4 is 10.6 Å². The van der Waals surface area contributed by atoms with Gasteiger partial charge in [-0.1, -0.05) is 18.2 Å². The third kappa shape index (κ3) is 3.09. The Morgan fingerprint density at radius 1 is 1.03 bits per heavy atom. The van der Waals surface area contributed by atoms with Crippen LogP contribution in [0.3, 0.4) is 0 Å². The summed E-state index contributed by atoms with van der Waals surface area (Å²) in [5, 5.41) is 18.2. The van der Waals surface area contributed by atoms with Crippen molar-refractivity contribution in [3.8, 4) is 0 Å². The van der Waals surface area contributed by atoms with Gasteiger partial charge < -0.3 is 15.7 Å². The molecular formula is C30H37N3O2. The number of fused-ring (bicyclic) bond motifs is 1. The Morgan fingerprint density at radius 2 is 1.77 bits per heavy atom.